The summed E-state index contributed by atoms with van der Waals surface area (Å²) >= 11 is 3.55. The molecule has 4 nitrogen and oxygen atoms in total. The molecule has 0 radical (unpaired) electrons. The average Bonchev–Trinajstić information content (AvgIpc) is 2.97. The lowest BCUT2D eigenvalue weighted by molar-refractivity contribution is 0.471. The molecule has 1 unspecified atom stereocenters. The number of hydrogen-bond donors (Lipinski definition) is 1. The lowest BCUT2D eigenvalue weighted by Crippen LogP contribution is -2.39. The molecule has 0 aliphatic rings. The molecule has 0 saturated heterocycles. The molecule has 1 N–H and O–H groups in total. The van der Waals surface area contributed by atoms with E-state index in [1.165, 1.54) is 4.90 Å². The van der Waals surface area contributed by atoms with E-state index >= 15 is 0 Å². The second kappa shape index (κ2) is 9.69. The minimum absolute atomic E-state index is 0.427. The van der Waals surface area contributed by atoms with Crippen LogP contribution in [-0.4, -0.2) is 41.2 Å². The van der Waals surface area contributed by atoms with E-state index in [2.05, 4.69) is 65.7 Å². The van der Waals surface area contributed by atoms with Gasteiger partial charge in [0.2, 0.25) is 0 Å². The number of hydrogen-bond acceptors (Lipinski definition) is 4. The molecule has 0 bridgehead atoms. The first-order valence-electron chi connectivity index (χ1n) is 8.20. The Balaban J connectivity index is 1.93. The Morgan fingerprint density at radius 2 is 2.12 bits per heavy atom. The Morgan fingerprint density at radius 1 is 1.38 bits per heavy atom. The van der Waals surface area contributed by atoms with Gasteiger partial charge in [-0.15, -0.1) is 23.1 Å². The van der Waals surface area contributed by atoms with Gasteiger partial charge in [-0.2, -0.15) is 0 Å². The highest BCUT2D eigenvalue weighted by Crippen LogP contribution is 2.22. The number of thioether (sulfide) groups is 1. The van der Waals surface area contributed by atoms with Crippen LogP contribution in [0.15, 0.2) is 45.6 Å². The van der Waals surface area contributed by atoms with Gasteiger partial charge in [0.05, 0.1) is 23.8 Å². The summed E-state index contributed by atoms with van der Waals surface area (Å²) in [6, 6.07) is 10.5. The number of guanidine groups is 1. The van der Waals surface area contributed by atoms with Gasteiger partial charge >= 0.3 is 0 Å². The number of aromatic nitrogens is 1. The molecule has 24 heavy (non-hydrogen) atoms. The molecule has 0 spiro atoms. The maximum atomic E-state index is 4.80. The number of aryl methyl sites for hydroxylation is 1. The molecule has 0 amide bonds. The predicted molar refractivity (Wildman–Crippen MR) is 106 cm³/mol. The standard InChI is InChI=1S/C18H26N4S2/c1-5-19-18(22(4)12-16-13-23-15(3)21-16)20-11-14(2)24-17-9-7-6-8-10-17/h6-10,13-14H,5,11-12H2,1-4H3,(H,19,20). The zero-order valence-corrected chi connectivity index (χ0v) is 16.5. The minimum atomic E-state index is 0.427. The van der Waals surface area contributed by atoms with Crippen molar-refractivity contribution in [2.45, 2.75) is 37.5 Å². The Hall–Kier alpha value is -1.53. The molecule has 2 rings (SSSR count). The Labute approximate surface area is 153 Å². The van der Waals surface area contributed by atoms with Crippen molar-refractivity contribution in [2.75, 3.05) is 20.1 Å². The van der Waals surface area contributed by atoms with Crippen LogP contribution < -0.4 is 5.32 Å². The van der Waals surface area contributed by atoms with Crippen molar-refractivity contribution >= 4 is 29.1 Å². The van der Waals surface area contributed by atoms with Crippen molar-refractivity contribution in [3.63, 3.8) is 0 Å². The number of nitrogens with one attached hydrogen (secondary N) is 1. The molecule has 1 heterocycles. The van der Waals surface area contributed by atoms with Gasteiger partial charge in [0.1, 0.15) is 0 Å². The topological polar surface area (TPSA) is 40.5 Å². The average molecular weight is 363 g/mol. The van der Waals surface area contributed by atoms with Crippen LogP contribution in [0.25, 0.3) is 0 Å². The van der Waals surface area contributed by atoms with Crippen molar-refractivity contribution in [3.8, 4) is 0 Å². The van der Waals surface area contributed by atoms with Crippen LogP contribution in [0, 0.1) is 6.92 Å². The van der Waals surface area contributed by atoms with Crippen LogP contribution >= 0.6 is 23.1 Å². The van der Waals surface area contributed by atoms with Gasteiger partial charge in [0.25, 0.3) is 0 Å². The van der Waals surface area contributed by atoms with E-state index in [0.717, 1.165) is 36.3 Å². The third-order valence-electron chi connectivity index (χ3n) is 3.34. The number of thiazole rings is 1. The molecule has 0 aliphatic heterocycles. The van der Waals surface area contributed by atoms with E-state index in [4.69, 9.17) is 4.99 Å². The summed E-state index contributed by atoms with van der Waals surface area (Å²) in [6.07, 6.45) is 0. The lowest BCUT2D eigenvalue weighted by Gasteiger charge is -2.21. The van der Waals surface area contributed by atoms with Crippen LogP contribution in [0.1, 0.15) is 24.5 Å². The van der Waals surface area contributed by atoms with Crippen LogP contribution in [0.5, 0.6) is 0 Å². The Morgan fingerprint density at radius 3 is 2.75 bits per heavy atom. The van der Waals surface area contributed by atoms with Crippen LogP contribution in [0.2, 0.25) is 0 Å². The molecule has 1 aromatic carbocycles. The maximum Gasteiger partial charge on any atom is 0.194 e. The number of benzene rings is 1. The first-order chi connectivity index (χ1) is 11.6. The third kappa shape index (κ3) is 6.17. The number of rotatable bonds is 7. The molecule has 0 fully saturated rings. The Kier molecular flexibility index (Phi) is 7.59. The first kappa shape index (κ1) is 18.8. The smallest absolute Gasteiger partial charge is 0.194 e. The lowest BCUT2D eigenvalue weighted by atomic mass is 10.4. The van der Waals surface area contributed by atoms with E-state index in [9.17, 15) is 0 Å². The third-order valence-corrected chi connectivity index (χ3v) is 5.26. The predicted octanol–water partition coefficient (Wildman–Crippen LogP) is 4.03. The molecule has 2 aromatic rings. The molecule has 0 aliphatic carbocycles. The van der Waals surface area contributed by atoms with E-state index in [1.807, 2.05) is 24.8 Å². The van der Waals surface area contributed by atoms with Crippen molar-refractivity contribution in [3.05, 3.63) is 46.4 Å². The highest BCUT2D eigenvalue weighted by atomic mass is 32.2. The van der Waals surface area contributed by atoms with Gasteiger partial charge in [-0.05, 0) is 26.0 Å². The summed E-state index contributed by atoms with van der Waals surface area (Å²) < 4.78 is 0. The van der Waals surface area contributed by atoms with Crippen molar-refractivity contribution < 1.29 is 0 Å². The van der Waals surface area contributed by atoms with E-state index in [0.29, 0.717) is 5.25 Å². The van der Waals surface area contributed by atoms with Gasteiger partial charge in [0, 0.05) is 29.1 Å². The minimum Gasteiger partial charge on any atom is -0.357 e. The maximum absolute atomic E-state index is 4.80. The molecule has 6 heteroatoms. The summed E-state index contributed by atoms with van der Waals surface area (Å²) in [7, 11) is 2.06. The summed E-state index contributed by atoms with van der Waals surface area (Å²) in [6.45, 7) is 8.77. The number of nitrogens with zero attached hydrogens (tertiary/aromatic N) is 3. The van der Waals surface area contributed by atoms with Gasteiger partial charge in [-0.25, -0.2) is 4.98 Å². The van der Waals surface area contributed by atoms with Crippen molar-refractivity contribution in [2.24, 2.45) is 4.99 Å². The van der Waals surface area contributed by atoms with Crippen molar-refractivity contribution in [1.82, 2.24) is 15.2 Å². The van der Waals surface area contributed by atoms with E-state index in [-0.39, 0.29) is 0 Å². The van der Waals surface area contributed by atoms with Gasteiger partial charge in [-0.1, -0.05) is 25.1 Å². The van der Waals surface area contributed by atoms with E-state index < -0.39 is 0 Å². The normalized spacial score (nSPS) is 12.9. The fraction of sp³-hybridized carbons (Fsp3) is 0.444. The van der Waals surface area contributed by atoms with Gasteiger partial charge in [-0.3, -0.25) is 4.99 Å². The van der Waals surface area contributed by atoms with Gasteiger partial charge in [0.15, 0.2) is 5.96 Å². The summed E-state index contributed by atoms with van der Waals surface area (Å²) in [4.78, 5) is 12.8. The molecule has 1 atom stereocenters. The fourth-order valence-electron chi connectivity index (χ4n) is 2.25. The van der Waals surface area contributed by atoms with Gasteiger partial charge < -0.3 is 10.2 Å². The van der Waals surface area contributed by atoms with E-state index in [1.54, 1.807) is 11.3 Å². The number of aliphatic imine (C=N–C) groups is 1. The molecule has 0 saturated carbocycles. The summed E-state index contributed by atoms with van der Waals surface area (Å²) in [5.74, 6) is 0.934. The summed E-state index contributed by atoms with van der Waals surface area (Å²) in [5, 5.41) is 7.02. The SMILES string of the molecule is CCNC(=NCC(C)Sc1ccccc1)N(C)Cc1csc(C)n1. The summed E-state index contributed by atoms with van der Waals surface area (Å²) in [5.41, 5.74) is 1.09. The zero-order valence-electron chi connectivity index (χ0n) is 14.8. The molecular formula is C18H26N4S2. The second-order valence-corrected chi connectivity index (χ2v) is 8.22. The molecule has 1 aromatic heterocycles. The van der Waals surface area contributed by atoms with Crippen LogP contribution in [-0.2, 0) is 6.54 Å². The fourth-order valence-corrected chi connectivity index (χ4v) is 3.78. The molecular weight excluding hydrogens is 336 g/mol. The monoisotopic (exact) mass is 362 g/mol. The van der Waals surface area contributed by atoms with Crippen LogP contribution in [0.4, 0.5) is 0 Å². The largest absolute Gasteiger partial charge is 0.357 e. The quantitative estimate of drug-likeness (QED) is 0.459. The van der Waals surface area contributed by atoms with Crippen molar-refractivity contribution in [1.29, 1.82) is 0 Å². The second-order valence-electron chi connectivity index (χ2n) is 5.65. The highest BCUT2D eigenvalue weighted by Gasteiger charge is 2.10. The first-order valence-corrected chi connectivity index (χ1v) is 9.96. The van der Waals surface area contributed by atoms with Crippen LogP contribution in [0.3, 0.4) is 0 Å². The molecule has 130 valence electrons. The highest BCUT2D eigenvalue weighted by molar-refractivity contribution is 8.00. The Bertz CT molecular complexity index is 639. The zero-order chi connectivity index (χ0) is 17.4.